The van der Waals surface area contributed by atoms with Gasteiger partial charge in [-0.15, -0.1) is 0 Å². The Balaban J connectivity index is 2.43. The summed E-state index contributed by atoms with van der Waals surface area (Å²) < 4.78 is 0. The second-order valence-electron chi connectivity index (χ2n) is 3.53. The molecule has 0 unspecified atom stereocenters. The summed E-state index contributed by atoms with van der Waals surface area (Å²) in [6, 6.07) is 9.97. The monoisotopic (exact) mass is 219 g/mol. The van der Waals surface area contributed by atoms with Gasteiger partial charge in [0.15, 0.2) is 0 Å². The fourth-order valence-corrected chi connectivity index (χ4v) is 1.40. The van der Waals surface area contributed by atoms with Crippen LogP contribution >= 0.6 is 0 Å². The van der Waals surface area contributed by atoms with E-state index < -0.39 is 5.97 Å². The number of hydrogen-bond donors (Lipinski definition) is 1. The first-order valence-corrected chi connectivity index (χ1v) is 5.38. The second-order valence-corrected chi connectivity index (χ2v) is 3.53. The number of aliphatic carboxylic acids is 1. The Morgan fingerprint density at radius 3 is 2.62 bits per heavy atom. The average molecular weight is 219 g/mol. The number of likely N-dealkylation sites (N-methyl/N-ethyl adjacent to an activating group) is 1. The molecule has 3 heteroatoms. The van der Waals surface area contributed by atoms with Crippen molar-refractivity contribution in [2.24, 2.45) is 0 Å². The van der Waals surface area contributed by atoms with Crippen molar-refractivity contribution in [3.05, 3.63) is 42.0 Å². The number of carbonyl (C=O) groups is 1. The lowest BCUT2D eigenvalue weighted by Crippen LogP contribution is -2.29. The predicted octanol–water partition coefficient (Wildman–Crippen LogP) is 2.11. The SMILES string of the molecule is CCN(C/C=C/c1ccccc1)CC(=O)O. The van der Waals surface area contributed by atoms with E-state index in [1.54, 1.807) is 0 Å². The van der Waals surface area contributed by atoms with E-state index in [1.807, 2.05) is 54.3 Å². The van der Waals surface area contributed by atoms with Crippen molar-refractivity contribution in [1.29, 1.82) is 0 Å². The third-order valence-electron chi connectivity index (χ3n) is 2.28. The molecule has 1 N–H and O–H groups in total. The number of rotatable bonds is 6. The Labute approximate surface area is 96.0 Å². The molecule has 3 nitrogen and oxygen atoms in total. The summed E-state index contributed by atoms with van der Waals surface area (Å²) in [6.07, 6.45) is 3.99. The van der Waals surface area contributed by atoms with Gasteiger partial charge in [0.1, 0.15) is 0 Å². The molecule has 0 atom stereocenters. The minimum absolute atomic E-state index is 0.0929. The van der Waals surface area contributed by atoms with Crippen LogP contribution in [0.15, 0.2) is 36.4 Å². The standard InChI is InChI=1S/C13H17NO2/c1-2-14(11-13(15)16)10-6-9-12-7-4-3-5-8-12/h3-9H,2,10-11H2,1H3,(H,15,16)/b9-6+. The van der Waals surface area contributed by atoms with Crippen molar-refractivity contribution in [1.82, 2.24) is 4.90 Å². The van der Waals surface area contributed by atoms with Crippen LogP contribution in [0.4, 0.5) is 0 Å². The van der Waals surface area contributed by atoms with E-state index >= 15 is 0 Å². The Bertz CT molecular complexity index is 346. The zero-order chi connectivity index (χ0) is 11.8. The van der Waals surface area contributed by atoms with E-state index in [-0.39, 0.29) is 6.54 Å². The van der Waals surface area contributed by atoms with Crippen LogP contribution in [0, 0.1) is 0 Å². The maximum atomic E-state index is 10.5. The van der Waals surface area contributed by atoms with Gasteiger partial charge < -0.3 is 5.11 Å². The first-order chi connectivity index (χ1) is 7.72. The molecule has 0 saturated heterocycles. The van der Waals surface area contributed by atoms with E-state index in [4.69, 9.17) is 5.11 Å². The van der Waals surface area contributed by atoms with Crippen LogP contribution in [-0.4, -0.2) is 35.6 Å². The Morgan fingerprint density at radius 1 is 1.38 bits per heavy atom. The number of nitrogens with zero attached hydrogens (tertiary/aromatic N) is 1. The summed E-state index contributed by atoms with van der Waals surface area (Å²) in [5.74, 6) is -0.782. The van der Waals surface area contributed by atoms with Gasteiger partial charge in [0, 0.05) is 6.54 Å². The second kappa shape index (κ2) is 6.80. The summed E-state index contributed by atoms with van der Waals surface area (Å²) in [5.41, 5.74) is 1.13. The normalized spacial score (nSPS) is 11.1. The highest BCUT2D eigenvalue weighted by molar-refractivity contribution is 5.69. The highest BCUT2D eigenvalue weighted by Crippen LogP contribution is 2.01. The third kappa shape index (κ3) is 4.75. The Hall–Kier alpha value is -1.61. The molecule has 0 bridgehead atoms. The largest absolute Gasteiger partial charge is 0.480 e. The maximum Gasteiger partial charge on any atom is 0.317 e. The lowest BCUT2D eigenvalue weighted by molar-refractivity contribution is -0.138. The van der Waals surface area contributed by atoms with Gasteiger partial charge in [0.05, 0.1) is 6.54 Å². The highest BCUT2D eigenvalue weighted by Gasteiger charge is 2.04. The third-order valence-corrected chi connectivity index (χ3v) is 2.28. The number of hydrogen-bond acceptors (Lipinski definition) is 2. The number of benzene rings is 1. The van der Waals surface area contributed by atoms with E-state index in [1.165, 1.54) is 0 Å². The molecule has 0 aliphatic rings. The van der Waals surface area contributed by atoms with Gasteiger partial charge in [-0.25, -0.2) is 0 Å². The molecule has 0 aromatic heterocycles. The summed E-state index contributed by atoms with van der Waals surface area (Å²) in [7, 11) is 0. The van der Waals surface area contributed by atoms with Crippen LogP contribution in [0.25, 0.3) is 6.08 Å². The molecule has 0 radical (unpaired) electrons. The van der Waals surface area contributed by atoms with Gasteiger partial charge in [-0.2, -0.15) is 0 Å². The van der Waals surface area contributed by atoms with Crippen LogP contribution in [0.3, 0.4) is 0 Å². The molecule has 0 aliphatic heterocycles. The Kier molecular flexibility index (Phi) is 5.29. The van der Waals surface area contributed by atoms with Crippen molar-refractivity contribution in [3.63, 3.8) is 0 Å². The molecule has 1 aromatic carbocycles. The topological polar surface area (TPSA) is 40.5 Å². The number of carboxylic acids is 1. The van der Waals surface area contributed by atoms with Crippen LogP contribution in [0.1, 0.15) is 12.5 Å². The van der Waals surface area contributed by atoms with Crippen molar-refractivity contribution in [2.45, 2.75) is 6.92 Å². The predicted molar refractivity (Wildman–Crippen MR) is 65.2 cm³/mol. The van der Waals surface area contributed by atoms with E-state index in [2.05, 4.69) is 0 Å². The minimum atomic E-state index is -0.782. The number of carboxylic acid groups (broad SMARTS) is 1. The van der Waals surface area contributed by atoms with Gasteiger partial charge in [0.2, 0.25) is 0 Å². The zero-order valence-electron chi connectivity index (χ0n) is 9.47. The smallest absolute Gasteiger partial charge is 0.317 e. The van der Waals surface area contributed by atoms with Crippen LogP contribution < -0.4 is 0 Å². The molecule has 0 amide bonds. The van der Waals surface area contributed by atoms with Crippen molar-refractivity contribution >= 4 is 12.0 Å². The van der Waals surface area contributed by atoms with Gasteiger partial charge in [-0.1, -0.05) is 49.4 Å². The molecule has 16 heavy (non-hydrogen) atoms. The van der Waals surface area contributed by atoms with Crippen LogP contribution in [0.5, 0.6) is 0 Å². The molecule has 0 saturated carbocycles. The quantitative estimate of drug-likeness (QED) is 0.796. The fraction of sp³-hybridized carbons (Fsp3) is 0.308. The van der Waals surface area contributed by atoms with Crippen molar-refractivity contribution in [2.75, 3.05) is 19.6 Å². The van der Waals surface area contributed by atoms with Gasteiger partial charge >= 0.3 is 5.97 Å². The lowest BCUT2D eigenvalue weighted by Gasteiger charge is -2.14. The summed E-state index contributed by atoms with van der Waals surface area (Å²) in [6.45, 7) is 3.46. The molecule has 0 heterocycles. The molecular formula is C13H17NO2. The minimum Gasteiger partial charge on any atom is -0.480 e. The summed E-state index contributed by atoms with van der Waals surface area (Å²) in [4.78, 5) is 12.4. The van der Waals surface area contributed by atoms with Gasteiger partial charge in [0.25, 0.3) is 0 Å². The Morgan fingerprint density at radius 2 is 2.06 bits per heavy atom. The maximum absolute atomic E-state index is 10.5. The van der Waals surface area contributed by atoms with Crippen molar-refractivity contribution in [3.8, 4) is 0 Å². The molecule has 0 spiro atoms. The van der Waals surface area contributed by atoms with Gasteiger partial charge in [-0.3, -0.25) is 9.69 Å². The molecule has 0 fully saturated rings. The summed E-state index contributed by atoms with van der Waals surface area (Å²) >= 11 is 0. The van der Waals surface area contributed by atoms with E-state index in [9.17, 15) is 4.79 Å². The molecule has 1 aromatic rings. The summed E-state index contributed by atoms with van der Waals surface area (Å²) in [5, 5.41) is 8.67. The first-order valence-electron chi connectivity index (χ1n) is 5.38. The van der Waals surface area contributed by atoms with Crippen molar-refractivity contribution < 1.29 is 9.90 Å². The fourth-order valence-electron chi connectivity index (χ4n) is 1.40. The molecule has 1 rings (SSSR count). The molecular weight excluding hydrogens is 202 g/mol. The lowest BCUT2D eigenvalue weighted by atomic mass is 10.2. The van der Waals surface area contributed by atoms with E-state index in [0.29, 0.717) is 6.54 Å². The highest BCUT2D eigenvalue weighted by atomic mass is 16.4. The average Bonchev–Trinajstić information content (AvgIpc) is 2.28. The van der Waals surface area contributed by atoms with Crippen LogP contribution in [-0.2, 0) is 4.79 Å². The van der Waals surface area contributed by atoms with Crippen LogP contribution in [0.2, 0.25) is 0 Å². The van der Waals surface area contributed by atoms with E-state index in [0.717, 1.165) is 12.1 Å². The molecule has 86 valence electrons. The van der Waals surface area contributed by atoms with Gasteiger partial charge in [-0.05, 0) is 12.1 Å². The molecule has 0 aliphatic carbocycles. The zero-order valence-corrected chi connectivity index (χ0v) is 9.47. The first kappa shape index (κ1) is 12.5.